The second kappa shape index (κ2) is 9.71. The van der Waals surface area contributed by atoms with Crippen molar-refractivity contribution in [3.05, 3.63) is 92.7 Å². The van der Waals surface area contributed by atoms with Gasteiger partial charge in [0.2, 0.25) is 11.8 Å². The lowest BCUT2D eigenvalue weighted by molar-refractivity contribution is -0.131. The molecule has 3 aromatic carbocycles. The van der Waals surface area contributed by atoms with Gasteiger partial charge in [-0.2, -0.15) is 0 Å². The molecule has 1 spiro atoms. The van der Waals surface area contributed by atoms with Crippen molar-refractivity contribution in [3.8, 4) is 18.1 Å². The van der Waals surface area contributed by atoms with E-state index < -0.39 is 35.0 Å². The number of piperidine rings is 1. The Balaban J connectivity index is 1.85. The van der Waals surface area contributed by atoms with Gasteiger partial charge in [-0.25, -0.2) is 4.39 Å². The first-order valence-electron chi connectivity index (χ1n) is 11.5. The van der Waals surface area contributed by atoms with Crippen molar-refractivity contribution < 1.29 is 23.8 Å². The maximum absolute atomic E-state index is 16.1. The number of anilines is 1. The lowest BCUT2D eigenvalue weighted by Gasteiger charge is -2.46. The minimum Gasteiger partial charge on any atom is -0.491 e. The first-order valence-corrected chi connectivity index (χ1v) is 12.3. The van der Waals surface area contributed by atoms with Crippen LogP contribution in [0.5, 0.6) is 5.75 Å². The van der Waals surface area contributed by atoms with E-state index in [1.807, 2.05) is 0 Å². The van der Waals surface area contributed by atoms with Gasteiger partial charge < -0.3 is 20.5 Å². The summed E-state index contributed by atoms with van der Waals surface area (Å²) in [5.74, 6) is -0.00967. The van der Waals surface area contributed by atoms with Crippen LogP contribution < -0.4 is 15.4 Å². The molecule has 1 fully saturated rings. The van der Waals surface area contributed by atoms with Crippen LogP contribution in [0.15, 0.2) is 54.6 Å². The highest BCUT2D eigenvalue weighted by molar-refractivity contribution is 6.31. The van der Waals surface area contributed by atoms with Crippen molar-refractivity contribution in [2.75, 3.05) is 18.5 Å². The molecule has 5 rings (SSSR count). The van der Waals surface area contributed by atoms with Gasteiger partial charge in [0, 0.05) is 28.1 Å². The normalized spacial score (nSPS) is 22.2. The lowest BCUT2D eigenvalue weighted by Crippen LogP contribution is -2.57. The van der Waals surface area contributed by atoms with Gasteiger partial charge in [-0.05, 0) is 47.5 Å². The van der Waals surface area contributed by atoms with E-state index in [-0.39, 0.29) is 36.5 Å². The Morgan fingerprint density at radius 2 is 1.92 bits per heavy atom. The molecule has 2 amide bonds. The molecular weight excluding hydrogens is 518 g/mol. The zero-order valence-corrected chi connectivity index (χ0v) is 20.9. The molecular formula is C28H21Cl2FN2O4. The van der Waals surface area contributed by atoms with Crippen molar-refractivity contribution >= 4 is 40.7 Å². The van der Waals surface area contributed by atoms with Gasteiger partial charge in [-0.15, -0.1) is 6.42 Å². The molecule has 0 saturated carbocycles. The molecule has 0 aliphatic carbocycles. The zero-order valence-electron chi connectivity index (χ0n) is 19.4. The van der Waals surface area contributed by atoms with Gasteiger partial charge in [-0.3, -0.25) is 9.59 Å². The van der Waals surface area contributed by atoms with Crippen molar-refractivity contribution in [3.63, 3.8) is 0 Å². The largest absolute Gasteiger partial charge is 0.491 e. The fourth-order valence-electron chi connectivity index (χ4n) is 5.48. The average molecular weight is 539 g/mol. The third-order valence-electron chi connectivity index (χ3n) is 6.93. The number of rotatable bonds is 5. The Bertz CT molecular complexity index is 1470. The van der Waals surface area contributed by atoms with Crippen LogP contribution in [0.1, 0.15) is 40.6 Å². The number of nitrogens with one attached hydrogen (secondary N) is 2. The van der Waals surface area contributed by atoms with Gasteiger partial charge in [0.1, 0.15) is 23.6 Å². The number of ether oxygens (including phenoxy) is 1. The predicted molar refractivity (Wildman–Crippen MR) is 138 cm³/mol. The Labute approximate surface area is 222 Å². The summed E-state index contributed by atoms with van der Waals surface area (Å²) >= 11 is 12.5. The summed E-state index contributed by atoms with van der Waals surface area (Å²) in [7, 11) is 0. The molecule has 3 atom stereocenters. The quantitative estimate of drug-likeness (QED) is 0.410. The van der Waals surface area contributed by atoms with Gasteiger partial charge in [0.15, 0.2) is 0 Å². The minimum atomic E-state index is -1.51. The van der Waals surface area contributed by atoms with E-state index >= 15 is 4.39 Å². The number of terminal acetylenes is 1. The molecule has 6 nitrogen and oxygen atoms in total. The van der Waals surface area contributed by atoms with Crippen LogP contribution in [0.2, 0.25) is 10.0 Å². The topological polar surface area (TPSA) is 87.7 Å². The van der Waals surface area contributed by atoms with Gasteiger partial charge in [0.05, 0.1) is 23.8 Å². The Morgan fingerprint density at radius 3 is 2.65 bits per heavy atom. The van der Waals surface area contributed by atoms with Crippen molar-refractivity contribution in [2.45, 2.75) is 23.8 Å². The molecule has 2 aliphatic heterocycles. The fraction of sp³-hybridized carbons (Fsp3) is 0.214. The Hall–Kier alpha value is -3.57. The van der Waals surface area contributed by atoms with Gasteiger partial charge >= 0.3 is 0 Å². The highest BCUT2D eigenvalue weighted by atomic mass is 35.5. The van der Waals surface area contributed by atoms with Crippen molar-refractivity contribution in [2.24, 2.45) is 0 Å². The summed E-state index contributed by atoms with van der Waals surface area (Å²) in [5.41, 5.74) is -0.0226. The fourth-order valence-corrected chi connectivity index (χ4v) is 5.85. The van der Waals surface area contributed by atoms with Crippen LogP contribution >= 0.6 is 23.2 Å². The maximum atomic E-state index is 16.1. The third-order valence-corrected chi connectivity index (χ3v) is 7.41. The van der Waals surface area contributed by atoms with E-state index in [9.17, 15) is 14.7 Å². The van der Waals surface area contributed by atoms with E-state index in [4.69, 9.17) is 34.4 Å². The summed E-state index contributed by atoms with van der Waals surface area (Å²) in [4.78, 5) is 27.3. The molecule has 37 heavy (non-hydrogen) atoms. The van der Waals surface area contributed by atoms with E-state index in [1.165, 1.54) is 12.1 Å². The second-order valence-corrected chi connectivity index (χ2v) is 9.75. The number of carbonyl (C=O) groups excluding carboxylic acids is 2. The summed E-state index contributed by atoms with van der Waals surface area (Å²) in [6.07, 6.45) is 5.50. The SMILES string of the molecule is C#Cc1ccc(OCCO)c([C@@H]2NC(=O)C[C@@H](c3cccc(Cl)c3)[C@]23C(=O)Nc2cc(Cl)ccc23)c1F. The third kappa shape index (κ3) is 4.02. The van der Waals surface area contributed by atoms with Crippen LogP contribution in [-0.2, 0) is 15.0 Å². The molecule has 2 aliphatic rings. The molecule has 3 N–H and O–H groups in total. The first kappa shape index (κ1) is 25.1. The smallest absolute Gasteiger partial charge is 0.238 e. The molecule has 0 radical (unpaired) electrons. The number of aliphatic hydroxyl groups is 1. The monoisotopic (exact) mass is 538 g/mol. The zero-order chi connectivity index (χ0) is 26.3. The van der Waals surface area contributed by atoms with E-state index in [1.54, 1.807) is 42.5 Å². The number of aliphatic hydroxyl groups excluding tert-OH is 1. The summed E-state index contributed by atoms with van der Waals surface area (Å²) in [6, 6.07) is 13.5. The number of halogens is 3. The first-order chi connectivity index (χ1) is 17.8. The van der Waals surface area contributed by atoms with E-state index in [0.717, 1.165) is 0 Å². The van der Waals surface area contributed by atoms with Gasteiger partial charge in [-0.1, -0.05) is 47.3 Å². The summed E-state index contributed by atoms with van der Waals surface area (Å²) in [5, 5.41) is 15.9. The number of amides is 2. The number of fused-ring (bicyclic) bond motifs is 2. The standard InChI is InChI=1S/C28H21Cl2FN2O4/c1-2-15-6-9-22(37-11-10-34)24(25(15)31)26-28(19-8-7-18(30)13-21(19)32-27(28)36)20(14-23(35)33-26)16-4-3-5-17(29)12-16/h1,3-9,12-13,20,26,34H,10-11,14H2,(H,32,36)(H,33,35)/t20-,26-,28-/m0/s1. The van der Waals surface area contributed by atoms with Crippen LogP contribution in [0.3, 0.4) is 0 Å². The summed E-state index contributed by atoms with van der Waals surface area (Å²) in [6.45, 7) is -0.460. The molecule has 1 saturated heterocycles. The molecule has 0 unspecified atom stereocenters. The minimum absolute atomic E-state index is 0.0529. The number of carbonyl (C=O) groups is 2. The maximum Gasteiger partial charge on any atom is 0.238 e. The van der Waals surface area contributed by atoms with Crippen molar-refractivity contribution in [1.82, 2.24) is 5.32 Å². The summed E-state index contributed by atoms with van der Waals surface area (Å²) < 4.78 is 21.7. The van der Waals surface area contributed by atoms with Crippen LogP contribution in [0.25, 0.3) is 0 Å². The number of hydrogen-bond donors (Lipinski definition) is 3. The molecule has 2 heterocycles. The average Bonchev–Trinajstić information content (AvgIpc) is 3.15. The second-order valence-electron chi connectivity index (χ2n) is 8.88. The number of hydrogen-bond acceptors (Lipinski definition) is 4. The van der Waals surface area contributed by atoms with Crippen LogP contribution in [0, 0.1) is 18.2 Å². The molecule has 0 bridgehead atoms. The van der Waals surface area contributed by atoms with Crippen LogP contribution in [0.4, 0.5) is 10.1 Å². The Kier molecular flexibility index (Phi) is 6.59. The predicted octanol–water partition coefficient (Wildman–Crippen LogP) is 4.72. The van der Waals surface area contributed by atoms with Crippen molar-refractivity contribution in [1.29, 1.82) is 0 Å². The highest BCUT2D eigenvalue weighted by Crippen LogP contribution is 2.59. The molecule has 188 valence electrons. The molecule has 9 heteroatoms. The lowest BCUT2D eigenvalue weighted by atomic mass is 9.59. The van der Waals surface area contributed by atoms with E-state index in [0.29, 0.717) is 26.9 Å². The van der Waals surface area contributed by atoms with E-state index in [2.05, 4.69) is 16.6 Å². The molecule has 0 aromatic heterocycles. The highest BCUT2D eigenvalue weighted by Gasteiger charge is 2.62. The number of benzene rings is 3. The van der Waals surface area contributed by atoms with Crippen LogP contribution in [-0.4, -0.2) is 30.1 Å². The Morgan fingerprint density at radius 1 is 1.14 bits per heavy atom. The molecule has 3 aromatic rings. The van der Waals surface area contributed by atoms with Gasteiger partial charge in [0.25, 0.3) is 0 Å².